The van der Waals surface area contributed by atoms with Gasteiger partial charge in [0.25, 0.3) is 0 Å². The molecule has 1 nitrogen and oxygen atoms in total. The molecule has 0 rings (SSSR count). The topological polar surface area (TPSA) is 26.0 Å². The summed E-state index contributed by atoms with van der Waals surface area (Å²) in [5.41, 5.74) is 6.79. The summed E-state index contributed by atoms with van der Waals surface area (Å²) in [7, 11) is 0. The van der Waals surface area contributed by atoms with E-state index < -0.39 is 0 Å². The van der Waals surface area contributed by atoms with Crippen LogP contribution in [0.25, 0.3) is 0 Å². The van der Waals surface area contributed by atoms with Crippen LogP contribution in [0, 0.1) is 0 Å². The number of hydrogen-bond donors (Lipinski definition) is 1. The van der Waals surface area contributed by atoms with E-state index in [1.807, 2.05) is 6.08 Å². The molecular formula is C11H21N. The van der Waals surface area contributed by atoms with Crippen LogP contribution in [-0.4, -0.2) is 6.54 Å². The van der Waals surface area contributed by atoms with E-state index >= 15 is 0 Å². The van der Waals surface area contributed by atoms with Gasteiger partial charge in [-0.1, -0.05) is 37.6 Å². The summed E-state index contributed by atoms with van der Waals surface area (Å²) >= 11 is 0. The minimum atomic E-state index is 0.804. The highest BCUT2D eigenvalue weighted by atomic mass is 14.5. The van der Waals surface area contributed by atoms with E-state index in [4.69, 9.17) is 5.73 Å². The van der Waals surface area contributed by atoms with Gasteiger partial charge in [0.05, 0.1) is 0 Å². The van der Waals surface area contributed by atoms with Crippen LogP contribution in [0.1, 0.15) is 39.0 Å². The maximum atomic E-state index is 5.41. The maximum Gasteiger partial charge on any atom is -0.00772 e. The van der Waals surface area contributed by atoms with Gasteiger partial charge in [-0.2, -0.15) is 0 Å². The summed E-state index contributed by atoms with van der Waals surface area (Å²) in [6.45, 7) is 6.79. The molecular weight excluding hydrogens is 146 g/mol. The number of unbranched alkanes of at least 4 members (excludes halogenated alkanes) is 2. The molecule has 0 aliphatic rings. The first kappa shape index (κ1) is 11.4. The fourth-order valence-corrected chi connectivity index (χ4v) is 1.09. The quantitative estimate of drug-likeness (QED) is 0.458. The van der Waals surface area contributed by atoms with Crippen molar-refractivity contribution >= 4 is 0 Å². The SMILES string of the molecule is C=C/C(=C\CCC)CCCCN. The summed E-state index contributed by atoms with van der Waals surface area (Å²) in [4.78, 5) is 0. The van der Waals surface area contributed by atoms with Crippen molar-refractivity contribution in [2.75, 3.05) is 6.54 Å². The molecule has 0 heterocycles. The van der Waals surface area contributed by atoms with E-state index in [1.54, 1.807) is 0 Å². The predicted octanol–water partition coefficient (Wildman–Crippen LogP) is 3.03. The van der Waals surface area contributed by atoms with Gasteiger partial charge in [0, 0.05) is 0 Å². The molecule has 12 heavy (non-hydrogen) atoms. The van der Waals surface area contributed by atoms with Gasteiger partial charge in [-0.3, -0.25) is 0 Å². The van der Waals surface area contributed by atoms with Crippen molar-refractivity contribution in [3.63, 3.8) is 0 Å². The lowest BCUT2D eigenvalue weighted by atomic mass is 10.1. The van der Waals surface area contributed by atoms with E-state index in [1.165, 1.54) is 24.8 Å². The van der Waals surface area contributed by atoms with Crippen LogP contribution in [0.2, 0.25) is 0 Å². The Kier molecular flexibility index (Phi) is 8.14. The van der Waals surface area contributed by atoms with E-state index in [0.29, 0.717) is 0 Å². The number of nitrogens with two attached hydrogens (primary N) is 1. The second kappa shape index (κ2) is 8.54. The van der Waals surface area contributed by atoms with Gasteiger partial charge in [-0.25, -0.2) is 0 Å². The lowest BCUT2D eigenvalue weighted by Crippen LogP contribution is -1.97. The van der Waals surface area contributed by atoms with Gasteiger partial charge in [0.15, 0.2) is 0 Å². The molecule has 0 saturated carbocycles. The molecule has 0 radical (unpaired) electrons. The molecule has 0 saturated heterocycles. The second-order valence-electron chi connectivity index (χ2n) is 3.02. The first-order valence-corrected chi connectivity index (χ1v) is 4.86. The molecule has 0 unspecified atom stereocenters. The molecule has 0 spiro atoms. The molecule has 0 aliphatic carbocycles. The Hall–Kier alpha value is -0.560. The molecule has 0 aromatic heterocycles. The van der Waals surface area contributed by atoms with Gasteiger partial charge >= 0.3 is 0 Å². The number of allylic oxidation sites excluding steroid dienone is 3. The Morgan fingerprint density at radius 1 is 1.42 bits per heavy atom. The first-order chi connectivity index (χ1) is 5.85. The first-order valence-electron chi connectivity index (χ1n) is 4.86. The zero-order valence-corrected chi connectivity index (χ0v) is 8.18. The average molecular weight is 167 g/mol. The standard InChI is InChI=1S/C11H21N/c1-3-5-8-11(4-2)9-6-7-10-12/h4,8H,2-3,5-7,9-10,12H2,1H3/b11-8+. The Labute approximate surface area is 76.3 Å². The van der Waals surface area contributed by atoms with Crippen molar-refractivity contribution in [3.8, 4) is 0 Å². The third-order valence-corrected chi connectivity index (χ3v) is 1.88. The molecule has 0 fully saturated rings. The summed E-state index contributed by atoms with van der Waals surface area (Å²) in [6, 6.07) is 0. The third kappa shape index (κ3) is 6.17. The van der Waals surface area contributed by atoms with Crippen molar-refractivity contribution in [2.24, 2.45) is 5.73 Å². The monoisotopic (exact) mass is 167 g/mol. The van der Waals surface area contributed by atoms with Crippen molar-refractivity contribution in [3.05, 3.63) is 24.3 Å². The molecule has 0 bridgehead atoms. The Morgan fingerprint density at radius 3 is 2.67 bits per heavy atom. The van der Waals surface area contributed by atoms with Gasteiger partial charge in [0.2, 0.25) is 0 Å². The molecule has 1 heteroatoms. The molecule has 0 aromatic rings. The van der Waals surface area contributed by atoms with Crippen LogP contribution >= 0.6 is 0 Å². The van der Waals surface area contributed by atoms with Crippen LogP contribution in [0.5, 0.6) is 0 Å². The average Bonchev–Trinajstić information content (AvgIpc) is 2.11. The van der Waals surface area contributed by atoms with Crippen molar-refractivity contribution < 1.29 is 0 Å². The summed E-state index contributed by atoms with van der Waals surface area (Å²) in [5.74, 6) is 0. The Balaban J connectivity index is 3.59. The van der Waals surface area contributed by atoms with Gasteiger partial charge in [0.1, 0.15) is 0 Å². The zero-order valence-electron chi connectivity index (χ0n) is 8.18. The van der Waals surface area contributed by atoms with E-state index in [9.17, 15) is 0 Å². The summed E-state index contributed by atoms with van der Waals surface area (Å²) < 4.78 is 0. The summed E-state index contributed by atoms with van der Waals surface area (Å²) in [6.07, 6.45) is 10.1. The minimum Gasteiger partial charge on any atom is -0.330 e. The Morgan fingerprint density at radius 2 is 2.17 bits per heavy atom. The smallest absolute Gasteiger partial charge is 0.00772 e. The Bertz CT molecular complexity index is 136. The van der Waals surface area contributed by atoms with Crippen LogP contribution in [0.15, 0.2) is 24.3 Å². The van der Waals surface area contributed by atoms with Gasteiger partial charge in [-0.15, -0.1) is 0 Å². The van der Waals surface area contributed by atoms with E-state index in [-0.39, 0.29) is 0 Å². The van der Waals surface area contributed by atoms with Crippen molar-refractivity contribution in [1.29, 1.82) is 0 Å². The molecule has 0 amide bonds. The lowest BCUT2D eigenvalue weighted by Gasteiger charge is -2.00. The zero-order chi connectivity index (χ0) is 9.23. The van der Waals surface area contributed by atoms with Gasteiger partial charge < -0.3 is 5.73 Å². The molecule has 0 aliphatic heterocycles. The van der Waals surface area contributed by atoms with Crippen LogP contribution < -0.4 is 5.73 Å². The highest BCUT2D eigenvalue weighted by Crippen LogP contribution is 2.09. The second-order valence-corrected chi connectivity index (χ2v) is 3.02. The molecule has 0 atom stereocenters. The summed E-state index contributed by atoms with van der Waals surface area (Å²) in [5, 5.41) is 0. The van der Waals surface area contributed by atoms with E-state index in [2.05, 4.69) is 19.6 Å². The van der Waals surface area contributed by atoms with Crippen molar-refractivity contribution in [2.45, 2.75) is 39.0 Å². The number of hydrogen-bond acceptors (Lipinski definition) is 1. The van der Waals surface area contributed by atoms with Gasteiger partial charge in [-0.05, 0) is 32.2 Å². The van der Waals surface area contributed by atoms with Crippen LogP contribution in [-0.2, 0) is 0 Å². The van der Waals surface area contributed by atoms with Crippen molar-refractivity contribution in [1.82, 2.24) is 0 Å². The minimum absolute atomic E-state index is 0.804. The van der Waals surface area contributed by atoms with E-state index in [0.717, 1.165) is 19.4 Å². The third-order valence-electron chi connectivity index (χ3n) is 1.88. The fraction of sp³-hybridized carbons (Fsp3) is 0.636. The molecule has 70 valence electrons. The highest BCUT2D eigenvalue weighted by molar-refractivity contribution is 5.15. The largest absolute Gasteiger partial charge is 0.330 e. The highest BCUT2D eigenvalue weighted by Gasteiger charge is 1.91. The maximum absolute atomic E-state index is 5.41. The lowest BCUT2D eigenvalue weighted by molar-refractivity contribution is 0.744. The molecule has 2 N–H and O–H groups in total. The van der Waals surface area contributed by atoms with Crippen LogP contribution in [0.4, 0.5) is 0 Å². The van der Waals surface area contributed by atoms with Crippen LogP contribution in [0.3, 0.4) is 0 Å². The molecule has 0 aromatic carbocycles. The number of rotatable bonds is 7. The normalized spacial score (nSPS) is 11.7. The predicted molar refractivity (Wildman–Crippen MR) is 56.1 cm³/mol. The fourth-order valence-electron chi connectivity index (χ4n) is 1.09.